The van der Waals surface area contributed by atoms with Gasteiger partial charge in [-0.2, -0.15) is 0 Å². The first kappa shape index (κ1) is 19.9. The number of halogens is 1. The molecule has 3 aromatic rings. The van der Waals surface area contributed by atoms with Gasteiger partial charge in [0.05, 0.1) is 0 Å². The zero-order valence-electron chi connectivity index (χ0n) is 15.4. The molecule has 0 radical (unpaired) electrons. The van der Waals surface area contributed by atoms with E-state index in [-0.39, 0.29) is 6.10 Å². The van der Waals surface area contributed by atoms with Crippen LogP contribution in [0.2, 0.25) is 0 Å². The van der Waals surface area contributed by atoms with Crippen molar-refractivity contribution in [3.05, 3.63) is 88.1 Å². The second-order valence-corrected chi connectivity index (χ2v) is 7.87. The Morgan fingerprint density at radius 3 is 2.59 bits per heavy atom. The number of nitrogens with one attached hydrogen (secondary N) is 1. The van der Waals surface area contributed by atoms with Crippen molar-refractivity contribution in [2.24, 2.45) is 0 Å². The first-order valence-electron chi connectivity index (χ1n) is 9.45. The van der Waals surface area contributed by atoms with Gasteiger partial charge in [0, 0.05) is 23.7 Å². The number of thiophene rings is 1. The number of aryl methyl sites for hydroxylation is 1. The maximum absolute atomic E-state index is 6.24. The molecular weight excluding hydrogens is 374 g/mol. The van der Waals surface area contributed by atoms with E-state index in [9.17, 15) is 0 Å². The highest BCUT2D eigenvalue weighted by molar-refractivity contribution is 7.10. The fraction of sp³-hybridized carbons (Fsp3) is 0.304. The van der Waals surface area contributed by atoms with Crippen molar-refractivity contribution >= 4 is 22.9 Å². The summed E-state index contributed by atoms with van der Waals surface area (Å²) in [5.41, 5.74) is 2.64. The van der Waals surface area contributed by atoms with Crippen LogP contribution in [0.15, 0.2) is 72.1 Å². The maximum Gasteiger partial charge on any atom is 0.134 e. The third kappa shape index (κ3) is 6.69. The Bertz CT molecular complexity index is 776. The standard InChI is InChI=1S/C23H26ClNOS/c24-14-13-22(23-12-6-16-27-23)26-21-11-4-9-19(17-21)10-5-15-25-18-20-7-2-1-3-8-20/h1-4,6-9,11-12,16-17,22,25H,5,10,13-15,18H2. The smallest absolute Gasteiger partial charge is 0.134 e. The molecule has 0 aliphatic rings. The molecule has 3 rings (SSSR count). The summed E-state index contributed by atoms with van der Waals surface area (Å²) in [6, 6.07) is 23.1. The van der Waals surface area contributed by atoms with Gasteiger partial charge in [-0.1, -0.05) is 48.5 Å². The van der Waals surface area contributed by atoms with Gasteiger partial charge < -0.3 is 10.1 Å². The summed E-state index contributed by atoms with van der Waals surface area (Å²) >= 11 is 7.69. The summed E-state index contributed by atoms with van der Waals surface area (Å²) in [7, 11) is 0. The fourth-order valence-electron chi connectivity index (χ4n) is 3.02. The van der Waals surface area contributed by atoms with Gasteiger partial charge in [-0.3, -0.25) is 0 Å². The van der Waals surface area contributed by atoms with Gasteiger partial charge in [-0.25, -0.2) is 0 Å². The van der Waals surface area contributed by atoms with Gasteiger partial charge in [0.1, 0.15) is 11.9 Å². The van der Waals surface area contributed by atoms with Crippen LogP contribution in [0.3, 0.4) is 0 Å². The molecule has 2 aromatic carbocycles. The molecule has 0 amide bonds. The molecule has 0 saturated carbocycles. The highest BCUT2D eigenvalue weighted by atomic mass is 35.5. The Hall–Kier alpha value is -1.81. The van der Waals surface area contributed by atoms with Crippen molar-refractivity contribution in [3.63, 3.8) is 0 Å². The van der Waals surface area contributed by atoms with Crippen molar-refractivity contribution < 1.29 is 4.74 Å². The van der Waals surface area contributed by atoms with Crippen LogP contribution in [0.5, 0.6) is 5.75 Å². The van der Waals surface area contributed by atoms with E-state index in [1.807, 2.05) is 6.07 Å². The molecule has 1 atom stereocenters. The van der Waals surface area contributed by atoms with E-state index in [2.05, 4.69) is 71.4 Å². The minimum absolute atomic E-state index is 0.0327. The van der Waals surface area contributed by atoms with Crippen molar-refractivity contribution in [2.75, 3.05) is 12.4 Å². The SMILES string of the molecule is ClCCC(Oc1cccc(CCCNCc2ccccc2)c1)c1cccs1. The van der Waals surface area contributed by atoms with E-state index in [0.717, 1.165) is 38.1 Å². The molecule has 2 nitrogen and oxygen atoms in total. The highest BCUT2D eigenvalue weighted by Gasteiger charge is 2.14. The van der Waals surface area contributed by atoms with Crippen molar-refractivity contribution in [1.82, 2.24) is 5.32 Å². The molecule has 1 aromatic heterocycles. The lowest BCUT2D eigenvalue weighted by Crippen LogP contribution is -2.15. The topological polar surface area (TPSA) is 21.3 Å². The third-order valence-corrected chi connectivity index (χ3v) is 5.58. The predicted octanol–water partition coefficient (Wildman–Crippen LogP) is 6.22. The van der Waals surface area contributed by atoms with Gasteiger partial charge >= 0.3 is 0 Å². The average molecular weight is 400 g/mol. The number of ether oxygens (including phenoxy) is 1. The summed E-state index contributed by atoms with van der Waals surface area (Å²) in [5, 5.41) is 5.59. The van der Waals surface area contributed by atoms with E-state index in [1.165, 1.54) is 16.0 Å². The van der Waals surface area contributed by atoms with Crippen LogP contribution in [0.4, 0.5) is 0 Å². The Labute approximate surface area is 171 Å². The van der Waals surface area contributed by atoms with Crippen LogP contribution in [-0.4, -0.2) is 12.4 Å². The monoisotopic (exact) mass is 399 g/mol. The number of hydrogen-bond donors (Lipinski definition) is 1. The molecule has 1 unspecified atom stereocenters. The molecule has 0 aliphatic heterocycles. The molecule has 0 bridgehead atoms. The Kier molecular flexibility index (Phi) is 8.22. The van der Waals surface area contributed by atoms with Gasteiger partial charge in [0.2, 0.25) is 0 Å². The molecule has 27 heavy (non-hydrogen) atoms. The number of alkyl halides is 1. The summed E-state index contributed by atoms with van der Waals surface area (Å²) in [6.45, 7) is 1.93. The summed E-state index contributed by atoms with van der Waals surface area (Å²) < 4.78 is 6.24. The second kappa shape index (κ2) is 11.1. The van der Waals surface area contributed by atoms with E-state index < -0.39 is 0 Å². The van der Waals surface area contributed by atoms with Crippen LogP contribution >= 0.6 is 22.9 Å². The Morgan fingerprint density at radius 1 is 0.963 bits per heavy atom. The first-order valence-corrected chi connectivity index (χ1v) is 10.9. The predicted molar refractivity (Wildman–Crippen MR) is 116 cm³/mol. The molecule has 1 N–H and O–H groups in total. The second-order valence-electron chi connectivity index (χ2n) is 6.51. The Morgan fingerprint density at radius 2 is 1.81 bits per heavy atom. The average Bonchev–Trinajstić information content (AvgIpc) is 3.23. The number of rotatable bonds is 11. The molecule has 142 valence electrons. The number of benzene rings is 2. The van der Waals surface area contributed by atoms with Crippen molar-refractivity contribution in [2.45, 2.75) is 31.9 Å². The third-order valence-electron chi connectivity index (χ3n) is 4.40. The van der Waals surface area contributed by atoms with Crippen LogP contribution in [0.25, 0.3) is 0 Å². The maximum atomic E-state index is 6.24. The van der Waals surface area contributed by atoms with Crippen LogP contribution in [-0.2, 0) is 13.0 Å². The minimum Gasteiger partial charge on any atom is -0.485 e. The lowest BCUT2D eigenvalue weighted by Gasteiger charge is -2.17. The van der Waals surface area contributed by atoms with E-state index >= 15 is 0 Å². The van der Waals surface area contributed by atoms with Crippen LogP contribution < -0.4 is 10.1 Å². The van der Waals surface area contributed by atoms with E-state index in [4.69, 9.17) is 16.3 Å². The molecule has 0 aliphatic carbocycles. The van der Waals surface area contributed by atoms with Crippen LogP contribution in [0, 0.1) is 0 Å². The fourth-order valence-corrected chi connectivity index (χ4v) is 4.00. The Balaban J connectivity index is 1.46. The zero-order chi connectivity index (χ0) is 18.7. The molecule has 0 saturated heterocycles. The minimum atomic E-state index is 0.0327. The lowest BCUT2D eigenvalue weighted by atomic mass is 10.1. The van der Waals surface area contributed by atoms with Crippen molar-refractivity contribution in [1.29, 1.82) is 0 Å². The van der Waals surface area contributed by atoms with Gasteiger partial charge in [0.25, 0.3) is 0 Å². The largest absolute Gasteiger partial charge is 0.485 e. The quantitative estimate of drug-likeness (QED) is 0.305. The molecular formula is C23H26ClNOS. The molecule has 0 fully saturated rings. The van der Waals surface area contributed by atoms with Gasteiger partial charge in [-0.15, -0.1) is 22.9 Å². The summed E-state index contributed by atoms with van der Waals surface area (Å²) in [5.74, 6) is 1.52. The highest BCUT2D eigenvalue weighted by Crippen LogP contribution is 2.29. The van der Waals surface area contributed by atoms with Gasteiger partial charge in [-0.05, 0) is 54.1 Å². The zero-order valence-corrected chi connectivity index (χ0v) is 17.0. The summed E-state index contributed by atoms with van der Waals surface area (Å²) in [6.07, 6.45) is 2.99. The first-order chi connectivity index (χ1) is 13.3. The lowest BCUT2D eigenvalue weighted by molar-refractivity contribution is 0.206. The molecule has 4 heteroatoms. The summed E-state index contributed by atoms with van der Waals surface area (Å²) in [4.78, 5) is 1.23. The number of hydrogen-bond acceptors (Lipinski definition) is 3. The van der Waals surface area contributed by atoms with E-state index in [0.29, 0.717) is 5.88 Å². The molecule has 0 spiro atoms. The normalized spacial score (nSPS) is 12.0. The van der Waals surface area contributed by atoms with E-state index in [1.54, 1.807) is 11.3 Å². The van der Waals surface area contributed by atoms with Crippen LogP contribution in [0.1, 0.15) is 34.9 Å². The van der Waals surface area contributed by atoms with Gasteiger partial charge in [0.15, 0.2) is 0 Å². The van der Waals surface area contributed by atoms with Crippen molar-refractivity contribution in [3.8, 4) is 5.75 Å². The molecule has 1 heterocycles.